The molecular weight excluding hydrogens is 551 g/mol. The van der Waals surface area contributed by atoms with Gasteiger partial charge in [-0.25, -0.2) is 0 Å². The van der Waals surface area contributed by atoms with Crippen molar-refractivity contribution in [2.45, 2.75) is 45.4 Å². The van der Waals surface area contributed by atoms with E-state index in [-0.39, 0.29) is 25.9 Å². The molecule has 0 bridgehead atoms. The van der Waals surface area contributed by atoms with Gasteiger partial charge in [-0.15, -0.1) is 35.4 Å². The average Bonchev–Trinajstić information content (AvgIpc) is 2.75. The number of allylic oxidation sites excluding steroid dienone is 2. The fourth-order valence-electron chi connectivity index (χ4n) is 4.34. The molecule has 2 aromatic carbocycles. The van der Waals surface area contributed by atoms with Gasteiger partial charge in [-0.05, 0) is 54.1 Å². The number of hydrogen-bond acceptors (Lipinski definition) is 3. The molecule has 0 spiro atoms. The number of Topliss-reactive ketones (excluding diaryl/α,β-unsaturated/α-hetero) is 1. The van der Waals surface area contributed by atoms with Crippen LogP contribution in [0.1, 0.15) is 44.1 Å². The zero-order chi connectivity index (χ0) is 20.2. The number of aliphatic hydroxyl groups excluding tert-OH is 1. The van der Waals surface area contributed by atoms with Crippen LogP contribution in [0.15, 0.2) is 66.1 Å². The number of carbonyl (C=O) groups is 1. The van der Waals surface area contributed by atoms with Crippen molar-refractivity contribution < 1.29 is 30.0 Å². The van der Waals surface area contributed by atoms with Crippen molar-refractivity contribution in [2.75, 3.05) is 0 Å². The predicted octanol–water partition coefficient (Wildman–Crippen LogP) is 6.36. The molecule has 4 heteroatoms. The molecule has 1 radical (unpaired) electrons. The van der Waals surface area contributed by atoms with Gasteiger partial charge in [-0.3, -0.25) is 4.79 Å². The van der Waals surface area contributed by atoms with Crippen LogP contribution in [0.4, 0.5) is 0 Å². The van der Waals surface area contributed by atoms with E-state index < -0.39 is 0 Å². The van der Waals surface area contributed by atoms with Crippen LogP contribution in [0.2, 0.25) is 0 Å². The number of benzene rings is 2. The molecule has 1 heterocycles. The number of nitrogens with zero attached hydrogens (tertiary/aromatic N) is 1. The van der Waals surface area contributed by atoms with Crippen LogP contribution < -0.4 is 0 Å². The van der Waals surface area contributed by atoms with Crippen molar-refractivity contribution in [1.82, 2.24) is 4.98 Å². The Balaban J connectivity index is 0.000000175. The Morgan fingerprint density at radius 3 is 2.53 bits per heavy atom. The second kappa shape index (κ2) is 10.1. The van der Waals surface area contributed by atoms with Crippen LogP contribution in [-0.4, -0.2) is 15.9 Å². The van der Waals surface area contributed by atoms with Crippen molar-refractivity contribution in [3.05, 3.63) is 77.7 Å². The molecule has 30 heavy (non-hydrogen) atoms. The van der Waals surface area contributed by atoms with Gasteiger partial charge in [0.05, 0.1) is 5.76 Å². The predicted molar refractivity (Wildman–Crippen MR) is 117 cm³/mol. The first-order chi connectivity index (χ1) is 14.1. The van der Waals surface area contributed by atoms with E-state index >= 15 is 0 Å². The molecule has 3 aromatic rings. The van der Waals surface area contributed by atoms with Crippen LogP contribution in [0, 0.1) is 18.9 Å². The largest absolute Gasteiger partial charge is 0.512 e. The summed E-state index contributed by atoms with van der Waals surface area (Å²) in [5.74, 6) is 0.972. The maximum Gasteiger partial charge on any atom is 0.162 e. The molecule has 3 nitrogen and oxygen atoms in total. The van der Waals surface area contributed by atoms with Crippen molar-refractivity contribution in [1.29, 1.82) is 0 Å². The number of fused-ring (bicyclic) bond motifs is 2. The summed E-state index contributed by atoms with van der Waals surface area (Å²) in [6.07, 6.45) is 7.49. The number of hydrogen-bond donors (Lipinski definition) is 1. The third kappa shape index (κ3) is 4.88. The number of ketones is 1. The van der Waals surface area contributed by atoms with E-state index in [2.05, 4.69) is 42.2 Å². The van der Waals surface area contributed by atoms with Crippen LogP contribution in [0.5, 0.6) is 0 Å². The SMILES string of the molecule is Cc1c[c-]c(-c2nccc3ccccc23)cc1.O=C1CCCC2CCCC(O)=C12.[Ir]. The smallest absolute Gasteiger partial charge is 0.162 e. The molecule has 157 valence electrons. The van der Waals surface area contributed by atoms with Gasteiger partial charge in [-0.2, -0.15) is 0 Å². The Morgan fingerprint density at radius 2 is 1.80 bits per heavy atom. The number of aliphatic hydroxyl groups is 1. The van der Waals surface area contributed by atoms with Gasteiger partial charge in [0, 0.05) is 44.7 Å². The first kappa shape index (κ1) is 22.4. The van der Waals surface area contributed by atoms with Gasteiger partial charge >= 0.3 is 0 Å². The standard InChI is InChI=1S/C16H12N.C10H14O2.Ir/c1-12-6-8-14(9-7-12)16-15-5-3-2-4-13(15)10-11-17-16;11-8-5-1-3-7-4-2-6-9(12)10(7)8;/h2-8,10-11H,1H3;7,11H,1-6H2;/q-1;;. The molecule has 2 aliphatic rings. The normalized spacial score (nSPS) is 18.2. The molecule has 0 amide bonds. The minimum absolute atomic E-state index is 0. The Kier molecular flexibility index (Phi) is 7.58. The van der Waals surface area contributed by atoms with Crippen LogP contribution >= 0.6 is 0 Å². The topological polar surface area (TPSA) is 50.2 Å². The molecule has 1 fully saturated rings. The number of aryl methyl sites for hydroxylation is 1. The Bertz CT molecular complexity index is 1050. The molecule has 5 rings (SSSR count). The molecule has 1 N–H and O–H groups in total. The maximum absolute atomic E-state index is 11.4. The van der Waals surface area contributed by atoms with E-state index in [1.54, 1.807) is 0 Å². The molecule has 2 aliphatic carbocycles. The average molecular weight is 577 g/mol. The van der Waals surface area contributed by atoms with E-state index in [0.717, 1.165) is 48.9 Å². The maximum atomic E-state index is 11.4. The Morgan fingerprint density at radius 1 is 1.03 bits per heavy atom. The minimum atomic E-state index is 0. The summed E-state index contributed by atoms with van der Waals surface area (Å²) in [6.45, 7) is 2.07. The van der Waals surface area contributed by atoms with Gasteiger partial charge in [0.25, 0.3) is 0 Å². The van der Waals surface area contributed by atoms with E-state index in [1.807, 2.05) is 30.5 Å². The first-order valence-electron chi connectivity index (χ1n) is 10.4. The number of carbonyl (C=O) groups excluding carboxylic acids is 1. The molecule has 1 unspecified atom stereocenters. The molecule has 1 aromatic heterocycles. The van der Waals surface area contributed by atoms with E-state index in [4.69, 9.17) is 0 Å². The third-order valence-corrected chi connectivity index (χ3v) is 5.84. The molecular formula is C26H26IrNO2-. The van der Waals surface area contributed by atoms with Crippen LogP contribution in [-0.2, 0) is 24.9 Å². The molecule has 0 saturated heterocycles. The second-order valence-corrected chi connectivity index (χ2v) is 7.93. The van der Waals surface area contributed by atoms with Crippen LogP contribution in [0.25, 0.3) is 22.0 Å². The number of aromatic nitrogens is 1. The summed E-state index contributed by atoms with van der Waals surface area (Å²) in [5.41, 5.74) is 4.04. The zero-order valence-electron chi connectivity index (χ0n) is 17.2. The minimum Gasteiger partial charge on any atom is -0.512 e. The summed E-state index contributed by atoms with van der Waals surface area (Å²) in [7, 11) is 0. The summed E-state index contributed by atoms with van der Waals surface area (Å²) in [6, 6.07) is 19.8. The monoisotopic (exact) mass is 577 g/mol. The van der Waals surface area contributed by atoms with Gasteiger partial charge in [0.2, 0.25) is 0 Å². The Labute approximate surface area is 191 Å². The van der Waals surface area contributed by atoms with Gasteiger partial charge in [-0.1, -0.05) is 31.2 Å². The van der Waals surface area contributed by atoms with Gasteiger partial charge < -0.3 is 10.1 Å². The van der Waals surface area contributed by atoms with Gasteiger partial charge in [0.1, 0.15) is 0 Å². The number of rotatable bonds is 1. The summed E-state index contributed by atoms with van der Waals surface area (Å²) >= 11 is 0. The summed E-state index contributed by atoms with van der Waals surface area (Å²) < 4.78 is 0. The summed E-state index contributed by atoms with van der Waals surface area (Å²) in [5, 5.41) is 11.9. The van der Waals surface area contributed by atoms with Crippen LogP contribution in [0.3, 0.4) is 0 Å². The van der Waals surface area contributed by atoms with E-state index in [0.29, 0.717) is 18.1 Å². The molecule has 0 aliphatic heterocycles. The second-order valence-electron chi connectivity index (χ2n) is 7.93. The quantitative estimate of drug-likeness (QED) is 0.343. The fourth-order valence-corrected chi connectivity index (χ4v) is 4.34. The van der Waals surface area contributed by atoms with E-state index in [1.165, 1.54) is 16.3 Å². The molecule has 1 atom stereocenters. The number of pyridine rings is 1. The van der Waals surface area contributed by atoms with Crippen molar-refractivity contribution in [2.24, 2.45) is 5.92 Å². The third-order valence-electron chi connectivity index (χ3n) is 5.84. The first-order valence-corrected chi connectivity index (χ1v) is 10.4. The molecule has 1 saturated carbocycles. The zero-order valence-corrected chi connectivity index (χ0v) is 19.5. The summed E-state index contributed by atoms with van der Waals surface area (Å²) in [4.78, 5) is 15.9. The fraction of sp³-hybridized carbons (Fsp3) is 0.308. The van der Waals surface area contributed by atoms with Gasteiger partial charge in [0.15, 0.2) is 5.78 Å². The van der Waals surface area contributed by atoms with Crippen molar-refractivity contribution in [3.8, 4) is 11.3 Å². The van der Waals surface area contributed by atoms with E-state index in [9.17, 15) is 9.90 Å². The Hall–Kier alpha value is -2.29. The van der Waals surface area contributed by atoms with Crippen molar-refractivity contribution in [3.63, 3.8) is 0 Å². The van der Waals surface area contributed by atoms with Crippen molar-refractivity contribution >= 4 is 16.6 Å².